The van der Waals surface area contributed by atoms with Gasteiger partial charge in [-0.2, -0.15) is 0 Å². The number of likely N-dealkylation sites (N-methyl/N-ethyl adjacent to an activating group) is 1. The summed E-state index contributed by atoms with van der Waals surface area (Å²) in [4.78, 5) is 39.4. The molecule has 198 valence electrons. The number of alkyl carbamates (subject to hydrolysis) is 1. The number of ether oxygens (including phenoxy) is 1. The molecular formula is C30H33N3O5. The number of nitrogens with one attached hydrogen (secondary N) is 2. The van der Waals surface area contributed by atoms with E-state index in [9.17, 15) is 19.5 Å². The molecule has 1 aliphatic rings. The average molecular weight is 516 g/mol. The Morgan fingerprint density at radius 3 is 2.03 bits per heavy atom. The molecule has 2 atom stereocenters. The number of nitrogens with zero attached hydrogens (tertiary/aromatic N) is 1. The average Bonchev–Trinajstić information content (AvgIpc) is 3.24. The molecule has 3 aromatic rings. The van der Waals surface area contributed by atoms with Gasteiger partial charge in [0.05, 0.1) is 0 Å². The van der Waals surface area contributed by atoms with E-state index < -0.39 is 30.1 Å². The lowest BCUT2D eigenvalue weighted by molar-refractivity contribution is -0.142. The molecule has 0 aliphatic heterocycles. The number of carbonyl (C=O) groups excluding carboxylic acids is 2. The number of hydrogen-bond donors (Lipinski definition) is 3. The Kier molecular flexibility index (Phi) is 8.76. The molecule has 38 heavy (non-hydrogen) atoms. The molecule has 4 rings (SSSR count). The highest BCUT2D eigenvalue weighted by Crippen LogP contribution is 2.44. The van der Waals surface area contributed by atoms with Crippen LogP contribution >= 0.6 is 0 Å². The third kappa shape index (κ3) is 6.39. The number of aliphatic carboxylic acids is 1. The second kappa shape index (κ2) is 12.4. The zero-order valence-electron chi connectivity index (χ0n) is 21.6. The lowest BCUT2D eigenvalue weighted by Gasteiger charge is -2.26. The molecule has 0 saturated heterocycles. The highest BCUT2D eigenvalue weighted by atomic mass is 16.5. The van der Waals surface area contributed by atoms with E-state index in [4.69, 9.17) is 4.74 Å². The van der Waals surface area contributed by atoms with Gasteiger partial charge >= 0.3 is 12.1 Å². The molecule has 0 fully saturated rings. The van der Waals surface area contributed by atoms with Gasteiger partial charge < -0.3 is 20.5 Å². The van der Waals surface area contributed by atoms with E-state index in [2.05, 4.69) is 22.8 Å². The fraction of sp³-hybridized carbons (Fsp3) is 0.300. The molecule has 3 N–H and O–H groups in total. The monoisotopic (exact) mass is 515 g/mol. The third-order valence-corrected chi connectivity index (χ3v) is 6.76. The molecule has 8 heteroatoms. The summed E-state index contributed by atoms with van der Waals surface area (Å²) in [5, 5.41) is 14.6. The van der Waals surface area contributed by atoms with Crippen molar-refractivity contribution in [3.05, 3.63) is 95.6 Å². The molecule has 8 nitrogen and oxygen atoms in total. The Hall–Kier alpha value is -4.17. The fourth-order valence-electron chi connectivity index (χ4n) is 4.86. The van der Waals surface area contributed by atoms with E-state index in [-0.39, 0.29) is 25.5 Å². The van der Waals surface area contributed by atoms with Crippen LogP contribution < -0.4 is 10.6 Å². The number of benzene rings is 3. The minimum Gasteiger partial charge on any atom is -0.480 e. The molecule has 2 amide bonds. The lowest BCUT2D eigenvalue weighted by atomic mass is 9.98. The third-order valence-electron chi connectivity index (χ3n) is 6.76. The van der Waals surface area contributed by atoms with E-state index >= 15 is 0 Å². The van der Waals surface area contributed by atoms with E-state index in [1.54, 1.807) is 6.92 Å². The Morgan fingerprint density at radius 2 is 1.45 bits per heavy atom. The molecule has 0 spiro atoms. The van der Waals surface area contributed by atoms with E-state index in [0.717, 1.165) is 27.8 Å². The van der Waals surface area contributed by atoms with Crippen molar-refractivity contribution >= 4 is 18.0 Å². The van der Waals surface area contributed by atoms with Gasteiger partial charge in [-0.3, -0.25) is 9.69 Å². The van der Waals surface area contributed by atoms with Crippen LogP contribution in [0.5, 0.6) is 0 Å². The van der Waals surface area contributed by atoms with Crippen molar-refractivity contribution in [1.82, 2.24) is 15.5 Å². The Balaban J connectivity index is 1.44. The predicted octanol–water partition coefficient (Wildman–Crippen LogP) is 4.01. The van der Waals surface area contributed by atoms with Crippen LogP contribution in [-0.2, 0) is 20.9 Å². The SMILES string of the molecule is CC[C@@H](NC(=O)C(CN(C)Cc1ccccc1)NC(=O)OCC1c2ccccc2-c2ccccc21)C(=O)O. The van der Waals surface area contributed by atoms with Crippen molar-refractivity contribution in [2.75, 3.05) is 20.2 Å². The van der Waals surface area contributed by atoms with Crippen molar-refractivity contribution in [3.8, 4) is 11.1 Å². The van der Waals surface area contributed by atoms with Crippen LogP contribution in [-0.4, -0.2) is 60.3 Å². The van der Waals surface area contributed by atoms with Crippen LogP contribution in [0.1, 0.15) is 36.0 Å². The van der Waals surface area contributed by atoms with Crippen molar-refractivity contribution < 1.29 is 24.2 Å². The zero-order valence-corrected chi connectivity index (χ0v) is 21.6. The van der Waals surface area contributed by atoms with E-state index in [0.29, 0.717) is 6.54 Å². The van der Waals surface area contributed by atoms with Gasteiger partial charge in [0.25, 0.3) is 0 Å². The predicted molar refractivity (Wildman–Crippen MR) is 145 cm³/mol. The first-order chi connectivity index (χ1) is 18.4. The maximum absolute atomic E-state index is 13.1. The molecule has 0 radical (unpaired) electrons. The Morgan fingerprint density at radius 1 is 0.868 bits per heavy atom. The summed E-state index contributed by atoms with van der Waals surface area (Å²) in [5.41, 5.74) is 5.47. The number of carbonyl (C=O) groups is 3. The number of fused-ring (bicyclic) bond motifs is 3. The summed E-state index contributed by atoms with van der Waals surface area (Å²) in [7, 11) is 1.83. The summed E-state index contributed by atoms with van der Waals surface area (Å²) in [6.45, 7) is 2.50. The number of rotatable bonds is 11. The molecule has 1 aliphatic carbocycles. The molecule has 0 saturated carbocycles. The van der Waals surface area contributed by atoms with Gasteiger partial charge in [0.1, 0.15) is 18.7 Å². The summed E-state index contributed by atoms with van der Waals surface area (Å²) < 4.78 is 5.63. The van der Waals surface area contributed by atoms with Crippen LogP contribution in [0, 0.1) is 0 Å². The van der Waals surface area contributed by atoms with Crippen molar-refractivity contribution in [2.45, 2.75) is 37.9 Å². The molecule has 3 aromatic carbocycles. The largest absolute Gasteiger partial charge is 0.480 e. The van der Waals surface area contributed by atoms with E-state index in [1.165, 1.54) is 0 Å². The second-order valence-corrected chi connectivity index (χ2v) is 9.51. The van der Waals surface area contributed by atoms with Gasteiger partial charge in [-0.1, -0.05) is 85.8 Å². The standard InChI is InChI=1S/C30H33N3O5/c1-3-26(29(35)36)31-28(34)27(18-33(2)17-20-11-5-4-6-12-20)32-30(37)38-19-25-23-15-9-7-13-21(23)22-14-8-10-16-24(22)25/h4-16,25-27H,3,17-19H2,1-2H3,(H,31,34)(H,32,37)(H,35,36)/t26-,27?/m1/s1. The molecule has 0 heterocycles. The van der Waals surface area contributed by atoms with Crippen LogP contribution in [0.4, 0.5) is 4.79 Å². The van der Waals surface area contributed by atoms with E-state index in [1.807, 2.05) is 78.7 Å². The topological polar surface area (TPSA) is 108 Å². The molecule has 0 aromatic heterocycles. The van der Waals surface area contributed by atoms with Gasteiger partial charge in [-0.25, -0.2) is 9.59 Å². The van der Waals surface area contributed by atoms with Crippen molar-refractivity contribution in [2.24, 2.45) is 0 Å². The van der Waals surface area contributed by atoms with Crippen molar-refractivity contribution in [3.63, 3.8) is 0 Å². The minimum absolute atomic E-state index is 0.112. The van der Waals surface area contributed by atoms with Gasteiger partial charge in [0.2, 0.25) is 5.91 Å². The van der Waals surface area contributed by atoms with Crippen LogP contribution in [0.15, 0.2) is 78.9 Å². The highest BCUT2D eigenvalue weighted by molar-refractivity contribution is 5.89. The van der Waals surface area contributed by atoms with Crippen LogP contribution in [0.3, 0.4) is 0 Å². The zero-order chi connectivity index (χ0) is 27.1. The smallest absolute Gasteiger partial charge is 0.407 e. The number of carboxylic acids is 1. The first-order valence-electron chi connectivity index (χ1n) is 12.7. The van der Waals surface area contributed by atoms with Crippen LogP contribution in [0.2, 0.25) is 0 Å². The first kappa shape index (κ1) is 26.9. The maximum atomic E-state index is 13.1. The van der Waals surface area contributed by atoms with Gasteiger partial charge in [-0.15, -0.1) is 0 Å². The summed E-state index contributed by atoms with van der Waals surface area (Å²) in [6.07, 6.45) is -0.512. The van der Waals surface area contributed by atoms with Gasteiger partial charge in [0, 0.05) is 19.0 Å². The number of amides is 2. The quantitative estimate of drug-likeness (QED) is 0.356. The maximum Gasteiger partial charge on any atom is 0.407 e. The second-order valence-electron chi connectivity index (χ2n) is 9.51. The van der Waals surface area contributed by atoms with Crippen LogP contribution in [0.25, 0.3) is 11.1 Å². The molecular weight excluding hydrogens is 482 g/mol. The number of hydrogen-bond acceptors (Lipinski definition) is 5. The summed E-state index contributed by atoms with van der Waals surface area (Å²) in [6, 6.07) is 23.8. The lowest BCUT2D eigenvalue weighted by Crippen LogP contribution is -2.55. The van der Waals surface area contributed by atoms with Gasteiger partial charge in [-0.05, 0) is 41.3 Å². The van der Waals surface area contributed by atoms with Crippen molar-refractivity contribution in [1.29, 1.82) is 0 Å². The summed E-state index contributed by atoms with van der Waals surface area (Å²) >= 11 is 0. The minimum atomic E-state index is -1.13. The first-order valence-corrected chi connectivity index (χ1v) is 12.7. The Labute approximate surface area is 222 Å². The Bertz CT molecular complexity index is 1230. The number of carboxylic acid groups (broad SMARTS) is 1. The molecule has 0 bridgehead atoms. The van der Waals surface area contributed by atoms with Gasteiger partial charge in [0.15, 0.2) is 0 Å². The summed E-state index contributed by atoms with van der Waals surface area (Å²) in [5.74, 6) is -1.82. The fourth-order valence-corrected chi connectivity index (χ4v) is 4.86. The molecule has 1 unspecified atom stereocenters. The highest BCUT2D eigenvalue weighted by Gasteiger charge is 2.31. The normalized spacial score (nSPS) is 13.8.